The van der Waals surface area contributed by atoms with Gasteiger partial charge in [-0.15, -0.1) is 0 Å². The number of halogens is 1. The van der Waals surface area contributed by atoms with E-state index in [0.717, 1.165) is 10.0 Å². The van der Waals surface area contributed by atoms with Crippen molar-refractivity contribution in [2.24, 2.45) is 5.92 Å². The average Bonchev–Trinajstić information content (AvgIpc) is 2.71. The number of hydrogen-bond donors (Lipinski definition) is 1. The summed E-state index contributed by atoms with van der Waals surface area (Å²) in [6.45, 7) is 4.01. The summed E-state index contributed by atoms with van der Waals surface area (Å²) in [5.41, 5.74) is 1.27. The minimum atomic E-state index is -1.01. The molecule has 0 aliphatic heterocycles. The van der Waals surface area contributed by atoms with Gasteiger partial charge in [-0.05, 0) is 18.1 Å². The maximum atomic E-state index is 11.4. The molecule has 19 heavy (non-hydrogen) atoms. The highest BCUT2D eigenvalue weighted by molar-refractivity contribution is 9.10. The van der Waals surface area contributed by atoms with E-state index in [2.05, 4.69) is 21.1 Å². The number of hydrogen-bond acceptors (Lipinski definition) is 3. The van der Waals surface area contributed by atoms with Crippen molar-refractivity contribution in [3.05, 3.63) is 40.1 Å². The fourth-order valence-corrected chi connectivity index (χ4v) is 2.29. The molecule has 0 unspecified atom stereocenters. The van der Waals surface area contributed by atoms with Crippen LogP contribution >= 0.6 is 15.9 Å². The number of aromatic carboxylic acids is 1. The Morgan fingerprint density at radius 2 is 2.21 bits per heavy atom. The lowest BCUT2D eigenvalue weighted by atomic mass is 10.0. The maximum Gasteiger partial charge on any atom is 0.341 e. The molecule has 0 aliphatic rings. The van der Waals surface area contributed by atoms with E-state index in [1.165, 1.54) is 0 Å². The Kier molecular flexibility index (Phi) is 4.04. The van der Waals surface area contributed by atoms with Crippen LogP contribution in [0.2, 0.25) is 0 Å². The smallest absolute Gasteiger partial charge is 0.341 e. The van der Waals surface area contributed by atoms with E-state index in [1.54, 1.807) is 0 Å². The van der Waals surface area contributed by atoms with Gasteiger partial charge < -0.3 is 9.63 Å². The van der Waals surface area contributed by atoms with Crippen LogP contribution in [0.25, 0.3) is 11.3 Å². The van der Waals surface area contributed by atoms with E-state index >= 15 is 0 Å². The van der Waals surface area contributed by atoms with Gasteiger partial charge in [-0.2, -0.15) is 0 Å². The second-order valence-corrected chi connectivity index (χ2v) is 5.66. The van der Waals surface area contributed by atoms with Crippen LogP contribution in [0, 0.1) is 5.92 Å². The normalized spacial score (nSPS) is 10.9. The molecule has 0 saturated heterocycles. The monoisotopic (exact) mass is 323 g/mol. The Morgan fingerprint density at radius 3 is 2.79 bits per heavy atom. The van der Waals surface area contributed by atoms with E-state index < -0.39 is 5.97 Å². The maximum absolute atomic E-state index is 11.4. The highest BCUT2D eigenvalue weighted by atomic mass is 79.9. The summed E-state index contributed by atoms with van der Waals surface area (Å²) in [6, 6.07) is 7.35. The van der Waals surface area contributed by atoms with Gasteiger partial charge in [0.05, 0.1) is 0 Å². The van der Waals surface area contributed by atoms with Gasteiger partial charge in [0.25, 0.3) is 0 Å². The van der Waals surface area contributed by atoms with Gasteiger partial charge in [0, 0.05) is 16.5 Å². The van der Waals surface area contributed by atoms with Crippen molar-refractivity contribution in [1.29, 1.82) is 0 Å². The first-order valence-electron chi connectivity index (χ1n) is 5.96. The number of carboxylic acids is 1. The number of benzene rings is 1. The molecule has 2 aromatic rings. The molecule has 5 heteroatoms. The van der Waals surface area contributed by atoms with Gasteiger partial charge in [0.1, 0.15) is 11.3 Å². The zero-order chi connectivity index (χ0) is 14.0. The summed E-state index contributed by atoms with van der Waals surface area (Å²) in [4.78, 5) is 11.4. The quantitative estimate of drug-likeness (QED) is 0.923. The van der Waals surface area contributed by atoms with Gasteiger partial charge in [-0.1, -0.05) is 47.1 Å². The van der Waals surface area contributed by atoms with Gasteiger partial charge in [0.2, 0.25) is 0 Å². The molecule has 2 rings (SSSR count). The molecular weight excluding hydrogens is 310 g/mol. The number of rotatable bonds is 4. The summed E-state index contributed by atoms with van der Waals surface area (Å²) >= 11 is 3.36. The van der Waals surface area contributed by atoms with E-state index in [9.17, 15) is 9.90 Å². The minimum Gasteiger partial charge on any atom is -0.477 e. The lowest BCUT2D eigenvalue weighted by Gasteiger charge is -2.02. The van der Waals surface area contributed by atoms with Crippen LogP contribution in [-0.4, -0.2) is 16.2 Å². The first-order valence-corrected chi connectivity index (χ1v) is 6.76. The van der Waals surface area contributed by atoms with Gasteiger partial charge in [-0.3, -0.25) is 0 Å². The molecule has 100 valence electrons. The second kappa shape index (κ2) is 5.57. The molecule has 0 radical (unpaired) electrons. The molecule has 0 saturated carbocycles. The van der Waals surface area contributed by atoms with Crippen molar-refractivity contribution in [3.8, 4) is 11.3 Å². The largest absolute Gasteiger partial charge is 0.477 e. The lowest BCUT2D eigenvalue weighted by Crippen LogP contribution is -2.04. The summed E-state index contributed by atoms with van der Waals surface area (Å²) < 4.78 is 6.09. The first-order chi connectivity index (χ1) is 8.99. The standard InChI is InChI=1S/C14H14BrNO3/c1-8(2)6-11-12(14(17)18)13(16-19-11)9-4-3-5-10(15)7-9/h3-5,7-8H,6H2,1-2H3,(H,17,18). The van der Waals surface area contributed by atoms with Crippen LogP contribution in [-0.2, 0) is 6.42 Å². The van der Waals surface area contributed by atoms with Gasteiger partial charge >= 0.3 is 5.97 Å². The third-order valence-electron chi connectivity index (χ3n) is 2.67. The highest BCUT2D eigenvalue weighted by Gasteiger charge is 2.23. The third kappa shape index (κ3) is 3.04. The molecular formula is C14H14BrNO3. The van der Waals surface area contributed by atoms with E-state index in [-0.39, 0.29) is 5.56 Å². The van der Waals surface area contributed by atoms with Crippen molar-refractivity contribution in [1.82, 2.24) is 5.16 Å². The van der Waals surface area contributed by atoms with Gasteiger partial charge in [-0.25, -0.2) is 4.79 Å². The predicted molar refractivity (Wildman–Crippen MR) is 75.1 cm³/mol. The molecule has 0 bridgehead atoms. The average molecular weight is 324 g/mol. The second-order valence-electron chi connectivity index (χ2n) is 4.74. The minimum absolute atomic E-state index is 0.159. The van der Waals surface area contributed by atoms with Crippen molar-refractivity contribution >= 4 is 21.9 Å². The molecule has 0 aliphatic carbocycles. The molecule has 0 fully saturated rings. The molecule has 0 amide bonds. The predicted octanol–water partition coefficient (Wildman–Crippen LogP) is 4.00. The summed E-state index contributed by atoms with van der Waals surface area (Å²) in [5, 5.41) is 13.3. The topological polar surface area (TPSA) is 63.3 Å². The lowest BCUT2D eigenvalue weighted by molar-refractivity contribution is 0.0695. The number of nitrogens with zero attached hydrogens (tertiary/aromatic N) is 1. The summed E-state index contributed by atoms with van der Waals surface area (Å²) in [5.74, 6) is -0.272. The Morgan fingerprint density at radius 1 is 1.47 bits per heavy atom. The van der Waals surface area contributed by atoms with Crippen LogP contribution < -0.4 is 0 Å². The van der Waals surface area contributed by atoms with Crippen molar-refractivity contribution < 1.29 is 14.4 Å². The SMILES string of the molecule is CC(C)Cc1onc(-c2cccc(Br)c2)c1C(=O)O. The number of carbonyl (C=O) groups is 1. The molecule has 1 aromatic carbocycles. The summed E-state index contributed by atoms with van der Waals surface area (Å²) in [6.07, 6.45) is 0.558. The number of aromatic nitrogens is 1. The zero-order valence-electron chi connectivity index (χ0n) is 10.7. The van der Waals surface area contributed by atoms with Crippen molar-refractivity contribution in [2.45, 2.75) is 20.3 Å². The fourth-order valence-electron chi connectivity index (χ4n) is 1.89. The van der Waals surface area contributed by atoms with E-state index in [0.29, 0.717) is 23.8 Å². The molecule has 0 atom stereocenters. The molecule has 4 nitrogen and oxygen atoms in total. The van der Waals surface area contributed by atoms with E-state index in [1.807, 2.05) is 38.1 Å². The van der Waals surface area contributed by atoms with Crippen molar-refractivity contribution in [2.75, 3.05) is 0 Å². The van der Waals surface area contributed by atoms with Crippen molar-refractivity contribution in [3.63, 3.8) is 0 Å². The van der Waals surface area contributed by atoms with Gasteiger partial charge in [0.15, 0.2) is 5.76 Å². The molecule has 1 heterocycles. The van der Waals surface area contributed by atoms with Crippen LogP contribution in [0.1, 0.15) is 30.0 Å². The molecule has 1 N–H and O–H groups in total. The molecule has 1 aromatic heterocycles. The Bertz CT molecular complexity index is 604. The van der Waals surface area contributed by atoms with Crippen LogP contribution in [0.4, 0.5) is 0 Å². The first kappa shape index (κ1) is 13.8. The Balaban J connectivity index is 2.52. The summed E-state index contributed by atoms with van der Waals surface area (Å²) in [7, 11) is 0. The zero-order valence-corrected chi connectivity index (χ0v) is 12.3. The fraction of sp³-hybridized carbons (Fsp3) is 0.286. The Labute approximate surface area is 119 Å². The third-order valence-corrected chi connectivity index (χ3v) is 3.16. The molecule has 0 spiro atoms. The van der Waals surface area contributed by atoms with Crippen LogP contribution in [0.15, 0.2) is 33.3 Å². The van der Waals surface area contributed by atoms with Crippen LogP contribution in [0.3, 0.4) is 0 Å². The number of carboxylic acid groups (broad SMARTS) is 1. The van der Waals surface area contributed by atoms with Crippen LogP contribution in [0.5, 0.6) is 0 Å². The Hall–Kier alpha value is -1.62. The van der Waals surface area contributed by atoms with E-state index in [4.69, 9.17) is 4.52 Å². The highest BCUT2D eigenvalue weighted by Crippen LogP contribution is 2.28.